The van der Waals surface area contributed by atoms with Crippen molar-refractivity contribution >= 4 is 23.9 Å². The average molecular weight is 552 g/mol. The number of aliphatic imine (C=N–C) groups is 1. The number of anilines is 1. The summed E-state index contributed by atoms with van der Waals surface area (Å²) in [5.74, 6) is -4.20. The van der Waals surface area contributed by atoms with Crippen LogP contribution in [-0.2, 0) is 27.2 Å². The van der Waals surface area contributed by atoms with Gasteiger partial charge in [0.2, 0.25) is 5.91 Å². The fraction of sp³-hybridized carbons (Fsp3) is 0.643. The second-order valence-corrected chi connectivity index (χ2v) is 9.75. The number of nitrogens with two attached hydrogens (primary N) is 1. The molecule has 0 radical (unpaired) electrons. The van der Waals surface area contributed by atoms with E-state index in [2.05, 4.69) is 32.7 Å². The van der Waals surface area contributed by atoms with Gasteiger partial charge in [0.15, 0.2) is 0 Å². The van der Waals surface area contributed by atoms with Crippen molar-refractivity contribution in [3.63, 3.8) is 0 Å². The summed E-state index contributed by atoms with van der Waals surface area (Å²) in [5.41, 5.74) is 6.13. The Balaban J connectivity index is 0.00000260. The predicted molar refractivity (Wildman–Crippen MR) is 148 cm³/mol. The topological polar surface area (TPSA) is 139 Å². The van der Waals surface area contributed by atoms with E-state index in [-0.39, 0.29) is 31.6 Å². The Morgan fingerprint density at radius 2 is 2.03 bits per heavy atom. The number of aromatic nitrogens is 1. The first-order valence-corrected chi connectivity index (χ1v) is 13.7. The number of aryl methyl sites for hydroxylation is 2. The highest BCUT2D eigenvalue weighted by atomic mass is 19.3. The van der Waals surface area contributed by atoms with E-state index in [4.69, 9.17) is 10.5 Å². The Bertz CT molecular complexity index is 1040. The van der Waals surface area contributed by atoms with Crippen molar-refractivity contribution in [2.75, 3.05) is 32.1 Å². The normalized spacial score (nSPS) is 17.2. The smallest absolute Gasteiger partial charge is 0.326 e. The number of carboxylic acid groups (broad SMARTS) is 1. The Kier molecular flexibility index (Phi) is 12.3. The van der Waals surface area contributed by atoms with Crippen LogP contribution in [0.5, 0.6) is 0 Å². The summed E-state index contributed by atoms with van der Waals surface area (Å²) in [7, 11) is 1.33. The number of allylic oxidation sites excluding steroid dienone is 1. The minimum atomic E-state index is -3.29. The number of amides is 1. The largest absolute Gasteiger partial charge is 0.480 e. The van der Waals surface area contributed by atoms with Crippen LogP contribution < -0.4 is 16.4 Å². The number of carboxylic acids is 1. The van der Waals surface area contributed by atoms with Crippen LogP contribution in [0.15, 0.2) is 28.4 Å². The SMILES string of the molecule is CC.CN=C/C(=C(\N)C1(C(=O)NC(CCOCCCCc2ccc3c(n2)NCCC3)C(=O)O)CC1)C(C)(F)F. The summed E-state index contributed by atoms with van der Waals surface area (Å²) in [6.45, 7) is 6.22. The van der Waals surface area contributed by atoms with Crippen LogP contribution in [0.25, 0.3) is 0 Å². The molecule has 1 atom stereocenters. The van der Waals surface area contributed by atoms with Crippen LogP contribution in [-0.4, -0.2) is 67.0 Å². The summed E-state index contributed by atoms with van der Waals surface area (Å²) < 4.78 is 33.6. The van der Waals surface area contributed by atoms with Gasteiger partial charge in [-0.2, -0.15) is 0 Å². The number of rotatable bonds is 14. The zero-order valence-corrected chi connectivity index (χ0v) is 23.5. The molecule has 1 aromatic heterocycles. The molecule has 39 heavy (non-hydrogen) atoms. The number of hydrogen-bond donors (Lipinski definition) is 4. The van der Waals surface area contributed by atoms with E-state index in [1.165, 1.54) is 12.6 Å². The van der Waals surface area contributed by atoms with E-state index in [0.29, 0.717) is 13.5 Å². The van der Waals surface area contributed by atoms with Gasteiger partial charge in [0.1, 0.15) is 11.9 Å². The molecule has 0 bridgehead atoms. The quantitative estimate of drug-likeness (QED) is 0.202. The van der Waals surface area contributed by atoms with E-state index in [9.17, 15) is 23.5 Å². The maximum absolute atomic E-state index is 14.0. The second kappa shape index (κ2) is 14.9. The fourth-order valence-corrected chi connectivity index (χ4v) is 4.43. The highest BCUT2D eigenvalue weighted by Gasteiger charge is 2.55. The van der Waals surface area contributed by atoms with Crippen LogP contribution >= 0.6 is 0 Å². The molecule has 0 spiro atoms. The lowest BCUT2D eigenvalue weighted by Gasteiger charge is -2.23. The molecule has 1 amide bonds. The number of nitrogens with zero attached hydrogens (tertiary/aromatic N) is 2. The Morgan fingerprint density at radius 3 is 2.64 bits per heavy atom. The van der Waals surface area contributed by atoms with Crippen molar-refractivity contribution < 1.29 is 28.2 Å². The van der Waals surface area contributed by atoms with Gasteiger partial charge in [-0.15, -0.1) is 0 Å². The van der Waals surface area contributed by atoms with Gasteiger partial charge < -0.3 is 26.2 Å². The van der Waals surface area contributed by atoms with Gasteiger partial charge in [-0.3, -0.25) is 9.79 Å². The van der Waals surface area contributed by atoms with Crippen LogP contribution in [0.1, 0.15) is 70.6 Å². The molecule has 1 aliphatic heterocycles. The second-order valence-electron chi connectivity index (χ2n) is 9.75. The van der Waals surface area contributed by atoms with Gasteiger partial charge in [0.25, 0.3) is 5.92 Å². The summed E-state index contributed by atoms with van der Waals surface area (Å²) in [6.07, 6.45) is 6.19. The third kappa shape index (κ3) is 8.98. The summed E-state index contributed by atoms with van der Waals surface area (Å²) in [4.78, 5) is 32.9. The highest BCUT2D eigenvalue weighted by molar-refractivity contribution is 5.94. The maximum atomic E-state index is 14.0. The molecule has 1 unspecified atom stereocenters. The molecule has 2 heterocycles. The van der Waals surface area contributed by atoms with Crippen LogP contribution in [0, 0.1) is 5.41 Å². The number of hydrogen-bond acceptors (Lipinski definition) is 7. The standard InChI is InChI=1S/C26H37F2N5O4.C2H6/c1-25(27,28)19(16-30-2)21(29)26(11-12-26)24(36)33-20(23(34)35)10-15-37-14-4-3-7-18-9-8-17-6-5-13-31-22(17)32-18;1-2/h8-9,16,20H,3-7,10-15,29H2,1-2H3,(H,31,32)(H,33,36)(H,34,35);1-2H3/b21-19+,30-16?;. The zero-order valence-electron chi connectivity index (χ0n) is 23.5. The number of carbonyl (C=O) groups excluding carboxylic acids is 1. The molecular formula is C28H43F2N5O4. The molecule has 1 aliphatic carbocycles. The van der Waals surface area contributed by atoms with Gasteiger partial charge >= 0.3 is 5.97 Å². The van der Waals surface area contributed by atoms with E-state index in [1.807, 2.05) is 13.8 Å². The van der Waals surface area contributed by atoms with E-state index in [0.717, 1.165) is 56.4 Å². The number of unbranched alkanes of at least 4 members (excludes halogenated alkanes) is 1. The van der Waals surface area contributed by atoms with E-state index >= 15 is 0 Å². The average Bonchev–Trinajstić information content (AvgIpc) is 3.72. The molecule has 0 aromatic carbocycles. The molecule has 1 fully saturated rings. The minimum absolute atomic E-state index is 0.0477. The van der Waals surface area contributed by atoms with Gasteiger partial charge in [0.05, 0.1) is 11.0 Å². The third-order valence-corrected chi connectivity index (χ3v) is 6.80. The molecule has 11 heteroatoms. The number of carbonyl (C=O) groups is 2. The lowest BCUT2D eigenvalue weighted by Crippen LogP contribution is -2.46. The fourth-order valence-electron chi connectivity index (χ4n) is 4.43. The molecule has 218 valence electrons. The van der Waals surface area contributed by atoms with E-state index in [1.54, 1.807) is 0 Å². The van der Waals surface area contributed by atoms with Crippen molar-refractivity contribution in [3.05, 3.63) is 34.7 Å². The Morgan fingerprint density at radius 1 is 1.31 bits per heavy atom. The lowest BCUT2D eigenvalue weighted by molar-refractivity contribution is -0.143. The molecule has 9 nitrogen and oxygen atoms in total. The number of ether oxygens (including phenoxy) is 1. The van der Waals surface area contributed by atoms with Crippen molar-refractivity contribution in [2.45, 2.75) is 84.1 Å². The number of alkyl halides is 2. The number of fused-ring (bicyclic) bond motifs is 1. The zero-order chi connectivity index (χ0) is 29.1. The summed E-state index contributed by atoms with van der Waals surface area (Å²) in [6, 6.07) is 2.97. The number of nitrogens with one attached hydrogen (secondary N) is 2. The Labute approximate surface area is 229 Å². The van der Waals surface area contributed by atoms with Crippen LogP contribution in [0.3, 0.4) is 0 Å². The van der Waals surface area contributed by atoms with Gasteiger partial charge in [-0.25, -0.2) is 18.6 Å². The first-order chi connectivity index (χ1) is 18.6. The summed E-state index contributed by atoms with van der Waals surface area (Å²) in [5, 5.41) is 15.3. The molecule has 1 saturated carbocycles. The monoisotopic (exact) mass is 551 g/mol. The Hall–Kier alpha value is -3.08. The first kappa shape index (κ1) is 32.1. The van der Waals surface area contributed by atoms with E-state index < -0.39 is 34.8 Å². The third-order valence-electron chi connectivity index (χ3n) is 6.80. The van der Waals surface area contributed by atoms with Gasteiger partial charge in [-0.1, -0.05) is 19.9 Å². The number of aliphatic carboxylic acids is 1. The first-order valence-electron chi connectivity index (χ1n) is 13.7. The number of pyridine rings is 1. The molecule has 2 aliphatic rings. The van der Waals surface area contributed by atoms with Crippen LogP contribution in [0.2, 0.25) is 0 Å². The summed E-state index contributed by atoms with van der Waals surface area (Å²) >= 11 is 0. The minimum Gasteiger partial charge on any atom is -0.480 e. The highest BCUT2D eigenvalue weighted by Crippen LogP contribution is 2.52. The number of halogens is 2. The lowest BCUT2D eigenvalue weighted by atomic mass is 9.94. The predicted octanol–water partition coefficient (Wildman–Crippen LogP) is 4.11. The van der Waals surface area contributed by atoms with Crippen LogP contribution in [0.4, 0.5) is 14.6 Å². The van der Waals surface area contributed by atoms with Gasteiger partial charge in [-0.05, 0) is 56.6 Å². The molecule has 1 aromatic rings. The van der Waals surface area contributed by atoms with Crippen molar-refractivity contribution in [1.82, 2.24) is 10.3 Å². The molecule has 5 N–H and O–H groups in total. The molecular weight excluding hydrogens is 508 g/mol. The molecule has 3 rings (SSSR count). The molecule has 0 saturated heterocycles. The van der Waals surface area contributed by atoms with Crippen molar-refractivity contribution in [1.29, 1.82) is 0 Å². The van der Waals surface area contributed by atoms with Crippen molar-refractivity contribution in [3.8, 4) is 0 Å². The van der Waals surface area contributed by atoms with Crippen molar-refractivity contribution in [2.24, 2.45) is 16.1 Å². The van der Waals surface area contributed by atoms with Gasteiger partial charge in [0, 0.05) is 57.8 Å². The maximum Gasteiger partial charge on any atom is 0.326 e.